The summed E-state index contributed by atoms with van der Waals surface area (Å²) in [6.45, 7) is 7.84. The van der Waals surface area contributed by atoms with Crippen LogP contribution in [0.5, 0.6) is 11.5 Å². The van der Waals surface area contributed by atoms with Crippen molar-refractivity contribution in [3.05, 3.63) is 58.7 Å². The number of carbonyl (C=O) groups is 1. The van der Waals surface area contributed by atoms with Crippen molar-refractivity contribution < 1.29 is 14.3 Å². The summed E-state index contributed by atoms with van der Waals surface area (Å²) in [6, 6.07) is 12.9. The first-order valence-electron chi connectivity index (χ1n) is 10.3. The first-order valence-corrected chi connectivity index (χ1v) is 10.3. The molecule has 0 spiro atoms. The number of nitrogens with zero attached hydrogens (tertiary/aromatic N) is 1. The number of rotatable bonds is 7. The smallest absolute Gasteiger partial charge is 0.219 e. The van der Waals surface area contributed by atoms with Gasteiger partial charge in [-0.2, -0.15) is 0 Å². The third-order valence-corrected chi connectivity index (χ3v) is 5.72. The molecule has 2 aromatic rings. The van der Waals surface area contributed by atoms with Gasteiger partial charge in [-0.15, -0.1) is 0 Å². The molecular formula is C24H32N2O3. The van der Waals surface area contributed by atoms with Crippen molar-refractivity contribution >= 4 is 5.91 Å². The third kappa shape index (κ3) is 4.73. The summed E-state index contributed by atoms with van der Waals surface area (Å²) in [5, 5.41) is 3.18. The second kappa shape index (κ2) is 9.31. The van der Waals surface area contributed by atoms with Crippen LogP contribution in [-0.2, 0) is 17.8 Å². The fourth-order valence-electron chi connectivity index (χ4n) is 4.15. The highest BCUT2D eigenvalue weighted by Gasteiger charge is 2.33. The molecule has 0 bridgehead atoms. The highest BCUT2D eigenvalue weighted by molar-refractivity contribution is 5.76. The zero-order chi connectivity index (χ0) is 21.0. The SMILES string of the molecule is CCC(=O)N[C@@H](C)[C@H]1c2cc(OC)c(OC)cc2CCN1Cc1ccc(C)cc1. The number of hydrogen-bond acceptors (Lipinski definition) is 4. The van der Waals surface area contributed by atoms with E-state index in [1.807, 2.05) is 6.92 Å². The molecule has 3 rings (SSSR count). The van der Waals surface area contributed by atoms with Gasteiger partial charge in [-0.05, 0) is 49.1 Å². The van der Waals surface area contributed by atoms with Crippen molar-refractivity contribution in [3.63, 3.8) is 0 Å². The topological polar surface area (TPSA) is 50.8 Å². The Balaban J connectivity index is 1.98. The zero-order valence-corrected chi connectivity index (χ0v) is 18.1. The molecule has 0 saturated heterocycles. The molecule has 29 heavy (non-hydrogen) atoms. The van der Waals surface area contributed by atoms with E-state index in [0.717, 1.165) is 31.0 Å². The summed E-state index contributed by atoms with van der Waals surface area (Å²) in [5.41, 5.74) is 4.99. The second-order valence-corrected chi connectivity index (χ2v) is 7.77. The lowest BCUT2D eigenvalue weighted by atomic mass is 9.87. The number of amides is 1. The summed E-state index contributed by atoms with van der Waals surface area (Å²) < 4.78 is 11.1. The average molecular weight is 397 g/mol. The molecule has 0 saturated carbocycles. The number of nitrogens with one attached hydrogen (secondary N) is 1. The van der Waals surface area contributed by atoms with Crippen molar-refractivity contribution in [2.24, 2.45) is 0 Å². The molecule has 5 nitrogen and oxygen atoms in total. The van der Waals surface area contributed by atoms with Crippen molar-refractivity contribution in [1.82, 2.24) is 10.2 Å². The van der Waals surface area contributed by atoms with Crippen LogP contribution in [0.25, 0.3) is 0 Å². The average Bonchev–Trinajstić information content (AvgIpc) is 2.73. The number of aryl methyl sites for hydroxylation is 1. The predicted octanol–water partition coefficient (Wildman–Crippen LogP) is 4.03. The van der Waals surface area contributed by atoms with E-state index in [1.165, 1.54) is 22.3 Å². The molecule has 2 aromatic carbocycles. The van der Waals surface area contributed by atoms with Crippen LogP contribution < -0.4 is 14.8 Å². The number of benzene rings is 2. The van der Waals surface area contributed by atoms with Crippen LogP contribution in [0.4, 0.5) is 0 Å². The van der Waals surface area contributed by atoms with Crippen LogP contribution >= 0.6 is 0 Å². The van der Waals surface area contributed by atoms with Crippen molar-refractivity contribution in [1.29, 1.82) is 0 Å². The molecule has 156 valence electrons. The fourth-order valence-corrected chi connectivity index (χ4v) is 4.15. The normalized spacial score (nSPS) is 17.3. The monoisotopic (exact) mass is 396 g/mol. The largest absolute Gasteiger partial charge is 0.493 e. The summed E-state index contributed by atoms with van der Waals surface area (Å²) >= 11 is 0. The lowest BCUT2D eigenvalue weighted by Gasteiger charge is -2.41. The van der Waals surface area contributed by atoms with Gasteiger partial charge in [-0.3, -0.25) is 9.69 Å². The van der Waals surface area contributed by atoms with Gasteiger partial charge in [0.15, 0.2) is 11.5 Å². The summed E-state index contributed by atoms with van der Waals surface area (Å²) in [5.74, 6) is 1.55. The van der Waals surface area contributed by atoms with Gasteiger partial charge in [0.05, 0.1) is 20.3 Å². The quantitative estimate of drug-likeness (QED) is 0.768. The van der Waals surface area contributed by atoms with Gasteiger partial charge in [0.1, 0.15) is 0 Å². The summed E-state index contributed by atoms with van der Waals surface area (Å²) in [7, 11) is 3.33. The molecule has 0 unspecified atom stereocenters. The number of methoxy groups -OCH3 is 2. The van der Waals surface area contributed by atoms with Gasteiger partial charge in [-0.25, -0.2) is 0 Å². The third-order valence-electron chi connectivity index (χ3n) is 5.72. The van der Waals surface area contributed by atoms with Gasteiger partial charge in [0.25, 0.3) is 0 Å². The van der Waals surface area contributed by atoms with Gasteiger partial charge in [0.2, 0.25) is 5.91 Å². The van der Waals surface area contributed by atoms with Crippen LogP contribution in [0.15, 0.2) is 36.4 Å². The van der Waals surface area contributed by atoms with Crippen LogP contribution in [0.1, 0.15) is 48.6 Å². The highest BCUT2D eigenvalue weighted by Crippen LogP contribution is 2.40. The molecule has 0 radical (unpaired) electrons. The summed E-state index contributed by atoms with van der Waals surface area (Å²) in [6.07, 6.45) is 1.42. The van der Waals surface area contributed by atoms with Crippen LogP contribution in [0, 0.1) is 6.92 Å². The maximum atomic E-state index is 12.1. The first kappa shape index (κ1) is 21.2. The molecular weight excluding hydrogens is 364 g/mol. The molecule has 0 aromatic heterocycles. The molecule has 1 aliphatic rings. The van der Waals surface area contributed by atoms with E-state index in [1.54, 1.807) is 14.2 Å². The molecule has 1 N–H and O–H groups in total. The highest BCUT2D eigenvalue weighted by atomic mass is 16.5. The number of carbonyl (C=O) groups excluding carboxylic acids is 1. The maximum absolute atomic E-state index is 12.1. The zero-order valence-electron chi connectivity index (χ0n) is 18.1. The van der Waals surface area contributed by atoms with E-state index >= 15 is 0 Å². The molecule has 1 amide bonds. The summed E-state index contributed by atoms with van der Waals surface area (Å²) in [4.78, 5) is 14.6. The number of fused-ring (bicyclic) bond motifs is 1. The lowest BCUT2D eigenvalue weighted by Crippen LogP contribution is -2.47. The van der Waals surface area contributed by atoms with Crippen molar-refractivity contribution in [2.75, 3.05) is 20.8 Å². The van der Waals surface area contributed by atoms with Crippen LogP contribution in [0.2, 0.25) is 0 Å². The number of ether oxygens (including phenoxy) is 2. The van der Waals surface area contributed by atoms with E-state index in [2.05, 4.69) is 60.5 Å². The molecule has 0 aliphatic carbocycles. The minimum Gasteiger partial charge on any atom is -0.493 e. The maximum Gasteiger partial charge on any atom is 0.219 e. The molecule has 0 fully saturated rings. The minimum atomic E-state index is -0.0231. The Hall–Kier alpha value is -2.53. The van der Waals surface area contributed by atoms with Gasteiger partial charge >= 0.3 is 0 Å². The van der Waals surface area contributed by atoms with Crippen LogP contribution in [0.3, 0.4) is 0 Å². The number of hydrogen-bond donors (Lipinski definition) is 1. The van der Waals surface area contributed by atoms with E-state index < -0.39 is 0 Å². The first-order chi connectivity index (χ1) is 14.0. The second-order valence-electron chi connectivity index (χ2n) is 7.77. The Morgan fingerprint density at radius 1 is 1.17 bits per heavy atom. The van der Waals surface area contributed by atoms with E-state index in [-0.39, 0.29) is 18.0 Å². The Morgan fingerprint density at radius 2 is 1.83 bits per heavy atom. The Kier molecular flexibility index (Phi) is 6.80. The predicted molar refractivity (Wildman–Crippen MR) is 115 cm³/mol. The Morgan fingerprint density at radius 3 is 2.45 bits per heavy atom. The van der Waals surface area contributed by atoms with E-state index in [4.69, 9.17) is 9.47 Å². The Labute approximate surface area is 174 Å². The van der Waals surface area contributed by atoms with Gasteiger partial charge in [0, 0.05) is 25.6 Å². The molecule has 5 heteroatoms. The minimum absolute atomic E-state index is 0.0231. The molecule has 1 aliphatic heterocycles. The van der Waals surface area contributed by atoms with Gasteiger partial charge < -0.3 is 14.8 Å². The Bertz CT molecular complexity index is 848. The molecule has 2 atom stereocenters. The van der Waals surface area contributed by atoms with Crippen LogP contribution in [-0.4, -0.2) is 37.6 Å². The van der Waals surface area contributed by atoms with E-state index in [0.29, 0.717) is 6.42 Å². The van der Waals surface area contributed by atoms with Gasteiger partial charge in [-0.1, -0.05) is 36.8 Å². The standard InChI is InChI=1S/C24H32N2O3/c1-6-23(27)25-17(3)24-20-14-22(29-5)21(28-4)13-19(20)11-12-26(24)15-18-9-7-16(2)8-10-18/h7-10,13-14,17,24H,6,11-12,15H2,1-5H3,(H,25,27)/t17-,24-/m0/s1. The van der Waals surface area contributed by atoms with Crippen molar-refractivity contribution in [3.8, 4) is 11.5 Å². The van der Waals surface area contributed by atoms with E-state index in [9.17, 15) is 4.79 Å². The lowest BCUT2D eigenvalue weighted by molar-refractivity contribution is -0.121. The van der Waals surface area contributed by atoms with Crippen molar-refractivity contribution in [2.45, 2.75) is 52.2 Å². The fraction of sp³-hybridized carbons (Fsp3) is 0.458. The molecule has 1 heterocycles.